The van der Waals surface area contributed by atoms with E-state index in [4.69, 9.17) is 0 Å². The van der Waals surface area contributed by atoms with Crippen LogP contribution in [0.15, 0.2) is 41.2 Å². The summed E-state index contributed by atoms with van der Waals surface area (Å²) in [7, 11) is 0. The second-order valence-corrected chi connectivity index (χ2v) is 7.13. The predicted octanol–water partition coefficient (Wildman–Crippen LogP) is 2.39. The number of H-pyrrole nitrogens is 1. The zero-order valence-corrected chi connectivity index (χ0v) is 15.0. The lowest BCUT2D eigenvalue weighted by molar-refractivity contribution is 0.0645. The van der Waals surface area contributed by atoms with E-state index in [9.17, 15) is 9.59 Å². The summed E-state index contributed by atoms with van der Waals surface area (Å²) in [6.07, 6.45) is 2.94. The van der Waals surface area contributed by atoms with E-state index in [0.717, 1.165) is 32.4 Å². The lowest BCUT2D eigenvalue weighted by Crippen LogP contribution is -2.55. The molecule has 136 valence electrons. The summed E-state index contributed by atoms with van der Waals surface area (Å²) >= 11 is 0. The van der Waals surface area contributed by atoms with E-state index >= 15 is 0 Å². The number of carbonyl (C=O) groups excluding carboxylic acids is 1. The van der Waals surface area contributed by atoms with Crippen molar-refractivity contribution >= 4 is 11.6 Å². The summed E-state index contributed by atoms with van der Waals surface area (Å²) in [5.41, 5.74) is 1.23. The third-order valence-electron chi connectivity index (χ3n) is 5.28. The smallest absolute Gasteiger partial charge is 0.273 e. The van der Waals surface area contributed by atoms with Gasteiger partial charge in [0.15, 0.2) is 0 Å². The summed E-state index contributed by atoms with van der Waals surface area (Å²) in [4.78, 5) is 36.4. The lowest BCUT2D eigenvalue weighted by Gasteiger charge is -2.42. The largest absolute Gasteiger partial charge is 0.368 e. The number of piperazine rings is 1. The van der Waals surface area contributed by atoms with Crippen LogP contribution in [0.25, 0.3) is 0 Å². The number of anilines is 1. The van der Waals surface area contributed by atoms with Crippen LogP contribution in [0.2, 0.25) is 0 Å². The van der Waals surface area contributed by atoms with Crippen LogP contribution in [0.3, 0.4) is 0 Å². The van der Waals surface area contributed by atoms with E-state index < -0.39 is 0 Å². The first kappa shape index (κ1) is 16.8. The second kappa shape index (κ2) is 6.94. The predicted molar refractivity (Wildman–Crippen MR) is 101 cm³/mol. The molecule has 1 aromatic heterocycles. The molecule has 1 saturated carbocycles. The monoisotopic (exact) mass is 352 g/mol. The molecule has 2 aliphatic rings. The molecule has 0 spiro atoms. The second-order valence-electron chi connectivity index (χ2n) is 7.13. The van der Waals surface area contributed by atoms with Crippen molar-refractivity contribution in [2.45, 2.75) is 38.1 Å². The molecule has 1 unspecified atom stereocenters. The number of hydrogen-bond donors (Lipinski definition) is 1. The van der Waals surface area contributed by atoms with Crippen LogP contribution in [0.1, 0.15) is 48.4 Å². The molecule has 1 aliphatic heterocycles. The highest BCUT2D eigenvalue weighted by Crippen LogP contribution is 2.37. The zero-order valence-electron chi connectivity index (χ0n) is 15.0. The van der Waals surface area contributed by atoms with Gasteiger partial charge in [-0.25, -0.2) is 4.98 Å². The molecular formula is C20H24N4O2. The molecule has 0 bridgehead atoms. The molecule has 2 aromatic rings. The fourth-order valence-electron chi connectivity index (χ4n) is 3.63. The van der Waals surface area contributed by atoms with Crippen molar-refractivity contribution in [3.63, 3.8) is 0 Å². The van der Waals surface area contributed by atoms with Gasteiger partial charge in [0.1, 0.15) is 11.5 Å². The van der Waals surface area contributed by atoms with Gasteiger partial charge in [-0.3, -0.25) is 9.59 Å². The Balaban J connectivity index is 1.54. The first-order chi connectivity index (χ1) is 12.7. The highest BCUT2D eigenvalue weighted by atomic mass is 16.2. The van der Waals surface area contributed by atoms with Crippen molar-refractivity contribution in [1.29, 1.82) is 0 Å². The van der Waals surface area contributed by atoms with Crippen molar-refractivity contribution in [2.24, 2.45) is 0 Å². The molecule has 2 fully saturated rings. The molecule has 4 rings (SSSR count). The number of para-hydroxylation sites is 1. The molecule has 26 heavy (non-hydrogen) atoms. The average Bonchev–Trinajstić information content (AvgIpc) is 3.52. The van der Waals surface area contributed by atoms with Gasteiger partial charge >= 0.3 is 0 Å². The number of hydrogen-bond acceptors (Lipinski definition) is 4. The number of benzene rings is 1. The van der Waals surface area contributed by atoms with Crippen molar-refractivity contribution in [1.82, 2.24) is 14.9 Å². The SMILES string of the molecule is CCC1CN(c2ccccc2)CCN1C(=O)c1cc(=O)[nH]c(C2CC2)n1. The summed E-state index contributed by atoms with van der Waals surface area (Å²) in [6.45, 7) is 4.32. The minimum atomic E-state index is -0.235. The Hall–Kier alpha value is -2.63. The van der Waals surface area contributed by atoms with Crippen LogP contribution in [0.4, 0.5) is 5.69 Å². The lowest BCUT2D eigenvalue weighted by atomic mass is 10.1. The topological polar surface area (TPSA) is 69.3 Å². The van der Waals surface area contributed by atoms with Crippen molar-refractivity contribution in [2.75, 3.05) is 24.5 Å². The number of rotatable bonds is 4. The van der Waals surface area contributed by atoms with E-state index in [2.05, 4.69) is 33.9 Å². The van der Waals surface area contributed by atoms with Crippen LogP contribution >= 0.6 is 0 Å². The minimum absolute atomic E-state index is 0.113. The highest BCUT2D eigenvalue weighted by molar-refractivity contribution is 5.92. The van der Waals surface area contributed by atoms with Gasteiger partial charge in [0.05, 0.1) is 0 Å². The summed E-state index contributed by atoms with van der Waals surface area (Å²) in [6, 6.07) is 11.7. The summed E-state index contributed by atoms with van der Waals surface area (Å²) in [5, 5.41) is 0. The van der Waals surface area contributed by atoms with Gasteiger partial charge in [-0.2, -0.15) is 0 Å². The fourth-order valence-corrected chi connectivity index (χ4v) is 3.63. The number of carbonyl (C=O) groups is 1. The van der Waals surface area contributed by atoms with Gasteiger partial charge < -0.3 is 14.8 Å². The van der Waals surface area contributed by atoms with Crippen LogP contribution in [-0.2, 0) is 0 Å². The Morgan fingerprint density at radius 2 is 2.00 bits per heavy atom. The first-order valence-electron chi connectivity index (χ1n) is 9.38. The van der Waals surface area contributed by atoms with Crippen LogP contribution in [0.5, 0.6) is 0 Å². The van der Waals surface area contributed by atoms with E-state index in [1.54, 1.807) is 0 Å². The molecule has 6 heteroatoms. The van der Waals surface area contributed by atoms with E-state index in [1.165, 1.54) is 11.8 Å². The quantitative estimate of drug-likeness (QED) is 0.917. The number of nitrogens with zero attached hydrogens (tertiary/aromatic N) is 3. The van der Waals surface area contributed by atoms with E-state index in [-0.39, 0.29) is 23.2 Å². The Bertz CT molecular complexity index is 844. The van der Waals surface area contributed by atoms with Crippen LogP contribution in [-0.4, -0.2) is 46.5 Å². The van der Waals surface area contributed by atoms with Gasteiger partial charge in [0, 0.05) is 43.3 Å². The Morgan fingerprint density at radius 3 is 2.69 bits per heavy atom. The van der Waals surface area contributed by atoms with Gasteiger partial charge in [0.25, 0.3) is 11.5 Å². The highest BCUT2D eigenvalue weighted by Gasteiger charge is 2.32. The zero-order chi connectivity index (χ0) is 18.1. The maximum atomic E-state index is 13.1. The average molecular weight is 352 g/mol. The maximum absolute atomic E-state index is 13.1. The third-order valence-corrected chi connectivity index (χ3v) is 5.28. The number of aromatic nitrogens is 2. The van der Waals surface area contributed by atoms with E-state index in [1.807, 2.05) is 23.1 Å². The molecular weight excluding hydrogens is 328 g/mol. The molecule has 1 saturated heterocycles. The van der Waals surface area contributed by atoms with Crippen molar-refractivity contribution in [3.8, 4) is 0 Å². The Morgan fingerprint density at radius 1 is 1.23 bits per heavy atom. The third kappa shape index (κ3) is 3.36. The summed E-state index contributed by atoms with van der Waals surface area (Å²) in [5.74, 6) is 0.849. The van der Waals surface area contributed by atoms with E-state index in [0.29, 0.717) is 18.3 Å². The number of amides is 1. The number of aromatic amines is 1. The van der Waals surface area contributed by atoms with Crippen LogP contribution in [0, 0.1) is 0 Å². The van der Waals surface area contributed by atoms with Crippen LogP contribution < -0.4 is 10.5 Å². The molecule has 1 N–H and O–H groups in total. The first-order valence-corrected chi connectivity index (χ1v) is 9.38. The van der Waals surface area contributed by atoms with Gasteiger partial charge in [0.2, 0.25) is 0 Å². The molecule has 2 heterocycles. The number of nitrogens with one attached hydrogen (secondary N) is 1. The van der Waals surface area contributed by atoms with Crippen molar-refractivity contribution in [3.05, 3.63) is 58.3 Å². The molecule has 6 nitrogen and oxygen atoms in total. The maximum Gasteiger partial charge on any atom is 0.273 e. The van der Waals surface area contributed by atoms with Gasteiger partial charge in [-0.05, 0) is 31.4 Å². The normalized spacial score (nSPS) is 20.3. The standard InChI is InChI=1S/C20H24N4O2/c1-2-15-13-23(16-6-4-3-5-7-16)10-11-24(15)20(26)17-12-18(25)22-19(21-17)14-8-9-14/h3-7,12,14-15H,2,8-11,13H2,1H3,(H,21,22,25). The van der Waals surface area contributed by atoms with Crippen molar-refractivity contribution < 1.29 is 4.79 Å². The summed E-state index contributed by atoms with van der Waals surface area (Å²) < 4.78 is 0. The Labute approximate surface area is 152 Å². The minimum Gasteiger partial charge on any atom is -0.368 e. The van der Waals surface area contributed by atoms with Gasteiger partial charge in [-0.1, -0.05) is 25.1 Å². The molecule has 1 aliphatic carbocycles. The Kier molecular flexibility index (Phi) is 4.49. The molecule has 1 aromatic carbocycles. The molecule has 1 atom stereocenters. The van der Waals surface area contributed by atoms with Gasteiger partial charge in [-0.15, -0.1) is 0 Å². The molecule has 0 radical (unpaired) electrons. The molecule has 1 amide bonds. The fraction of sp³-hybridized carbons (Fsp3) is 0.450.